The van der Waals surface area contributed by atoms with Gasteiger partial charge in [-0.1, -0.05) is 30.7 Å². The molecule has 0 fully saturated rings. The van der Waals surface area contributed by atoms with E-state index < -0.39 is 0 Å². The van der Waals surface area contributed by atoms with Crippen molar-refractivity contribution >= 4 is 43.9 Å². The monoisotopic (exact) mass is 458 g/mol. The van der Waals surface area contributed by atoms with Crippen molar-refractivity contribution < 1.29 is 4.79 Å². The van der Waals surface area contributed by atoms with Gasteiger partial charge >= 0.3 is 0 Å². The molecule has 1 amide bonds. The van der Waals surface area contributed by atoms with Crippen LogP contribution in [0.15, 0.2) is 41.3 Å². The molecule has 7 heteroatoms. The molecule has 0 aliphatic carbocycles. The maximum absolute atomic E-state index is 13.4. The fourth-order valence-electron chi connectivity index (χ4n) is 5.19. The highest BCUT2D eigenvalue weighted by molar-refractivity contribution is 7.20. The van der Waals surface area contributed by atoms with Crippen molar-refractivity contribution in [3.05, 3.63) is 68.7 Å². The molecule has 1 N–H and O–H groups in total. The maximum Gasteiger partial charge on any atom is 0.264 e. The van der Waals surface area contributed by atoms with Crippen molar-refractivity contribution in [3.8, 4) is 0 Å². The lowest BCUT2D eigenvalue weighted by Gasteiger charge is -2.26. The number of rotatable bonds is 2. The van der Waals surface area contributed by atoms with Gasteiger partial charge in [0.2, 0.25) is 0 Å². The lowest BCUT2D eigenvalue weighted by atomic mass is 9.99. The second kappa shape index (κ2) is 7.99. The molecule has 0 unspecified atom stereocenters. The van der Waals surface area contributed by atoms with Crippen LogP contribution < -0.4 is 5.56 Å². The van der Waals surface area contributed by atoms with Gasteiger partial charge < -0.3 is 9.88 Å². The number of carbonyl (C=O) groups excluding carboxylic acids is 1. The van der Waals surface area contributed by atoms with Crippen LogP contribution in [0.5, 0.6) is 0 Å². The molecule has 6 nitrogen and oxygen atoms in total. The number of benzene rings is 1. The van der Waals surface area contributed by atoms with E-state index in [4.69, 9.17) is 4.98 Å². The molecule has 1 aromatic carbocycles. The van der Waals surface area contributed by atoms with E-state index in [1.807, 2.05) is 22.5 Å². The van der Waals surface area contributed by atoms with E-state index in [1.54, 1.807) is 0 Å². The van der Waals surface area contributed by atoms with Crippen molar-refractivity contribution in [1.82, 2.24) is 19.4 Å². The van der Waals surface area contributed by atoms with Crippen LogP contribution in [0.4, 0.5) is 0 Å². The summed E-state index contributed by atoms with van der Waals surface area (Å²) >= 11 is 1.38. The van der Waals surface area contributed by atoms with Crippen LogP contribution in [-0.4, -0.2) is 38.4 Å². The third kappa shape index (κ3) is 3.33. The van der Waals surface area contributed by atoms with Crippen LogP contribution >= 0.6 is 11.3 Å². The third-order valence-corrected chi connectivity index (χ3v) is 8.21. The van der Waals surface area contributed by atoms with Gasteiger partial charge in [0, 0.05) is 48.7 Å². The van der Waals surface area contributed by atoms with Crippen molar-refractivity contribution in [2.24, 2.45) is 0 Å². The molecule has 2 aliphatic rings. The molecule has 4 aromatic rings. The molecular weight excluding hydrogens is 432 g/mol. The van der Waals surface area contributed by atoms with Gasteiger partial charge in [-0.3, -0.25) is 14.2 Å². The average molecular weight is 459 g/mol. The number of thiophene rings is 1. The Kier molecular flexibility index (Phi) is 4.94. The molecule has 0 atom stereocenters. The second-order valence-corrected chi connectivity index (χ2v) is 10.0. The number of aryl methyl sites for hydroxylation is 2. The Bertz CT molecular complexity index is 1490. The standard InChI is InChI=1S/C26H26N4O2S/c1-16-22-24(28-21-9-3-2-6-12-30(21)25(22)31)33-23(16)26(32)29-13-10-17(11-14-29)19-15-27-20-8-5-4-7-18(19)20/h4-5,7-8,10,15,27H,2-3,6,9,11-14H2,1H3. The number of aromatic nitrogens is 3. The zero-order valence-electron chi connectivity index (χ0n) is 18.7. The lowest BCUT2D eigenvalue weighted by molar-refractivity contribution is 0.0777. The molecule has 0 radical (unpaired) electrons. The van der Waals surface area contributed by atoms with E-state index in [1.165, 1.54) is 27.9 Å². The Hall–Kier alpha value is -3.19. The summed E-state index contributed by atoms with van der Waals surface area (Å²) in [6, 6.07) is 8.30. The lowest BCUT2D eigenvalue weighted by Crippen LogP contribution is -2.34. The van der Waals surface area contributed by atoms with Crippen molar-refractivity contribution in [1.29, 1.82) is 0 Å². The largest absolute Gasteiger partial charge is 0.361 e. The number of aromatic amines is 1. The molecule has 2 aliphatic heterocycles. The number of para-hydroxylation sites is 1. The number of nitrogens with one attached hydrogen (secondary N) is 1. The first-order valence-electron chi connectivity index (χ1n) is 11.7. The van der Waals surface area contributed by atoms with E-state index in [2.05, 4.69) is 35.5 Å². The molecule has 0 saturated heterocycles. The Morgan fingerprint density at radius 1 is 1.12 bits per heavy atom. The van der Waals surface area contributed by atoms with Crippen molar-refractivity contribution in [2.75, 3.05) is 13.1 Å². The number of hydrogen-bond acceptors (Lipinski definition) is 4. The topological polar surface area (TPSA) is 71.0 Å². The predicted octanol–water partition coefficient (Wildman–Crippen LogP) is 4.90. The Labute approximate surface area is 195 Å². The fourth-order valence-corrected chi connectivity index (χ4v) is 6.35. The minimum atomic E-state index is 0.00400. The summed E-state index contributed by atoms with van der Waals surface area (Å²) in [5, 5.41) is 1.84. The van der Waals surface area contributed by atoms with Gasteiger partial charge in [0.1, 0.15) is 10.7 Å². The molecule has 168 valence electrons. The smallest absolute Gasteiger partial charge is 0.264 e. The number of H-pyrrole nitrogens is 1. The number of hydrogen-bond donors (Lipinski definition) is 1. The van der Waals surface area contributed by atoms with E-state index in [-0.39, 0.29) is 11.5 Å². The Balaban J connectivity index is 1.31. The first-order chi connectivity index (χ1) is 16.1. The summed E-state index contributed by atoms with van der Waals surface area (Å²) in [4.78, 5) is 38.1. The van der Waals surface area contributed by atoms with Crippen LogP contribution in [-0.2, 0) is 13.0 Å². The molecule has 5 heterocycles. The summed E-state index contributed by atoms with van der Waals surface area (Å²) in [5.74, 6) is 0.874. The zero-order chi connectivity index (χ0) is 22.5. The Morgan fingerprint density at radius 2 is 2.00 bits per heavy atom. The van der Waals surface area contributed by atoms with Gasteiger partial charge in [-0.25, -0.2) is 4.98 Å². The minimum absolute atomic E-state index is 0.00400. The highest BCUT2D eigenvalue weighted by Crippen LogP contribution is 2.32. The van der Waals surface area contributed by atoms with E-state index >= 15 is 0 Å². The minimum Gasteiger partial charge on any atom is -0.361 e. The van der Waals surface area contributed by atoms with Crippen LogP contribution in [0.2, 0.25) is 0 Å². The van der Waals surface area contributed by atoms with Gasteiger partial charge in [-0.15, -0.1) is 11.3 Å². The summed E-state index contributed by atoms with van der Waals surface area (Å²) in [6.07, 6.45) is 9.07. The van der Waals surface area contributed by atoms with Crippen LogP contribution in [0.1, 0.15) is 52.3 Å². The van der Waals surface area contributed by atoms with Gasteiger partial charge in [0.25, 0.3) is 11.5 Å². The number of fused-ring (bicyclic) bond motifs is 3. The van der Waals surface area contributed by atoms with Gasteiger partial charge in [-0.2, -0.15) is 0 Å². The Morgan fingerprint density at radius 3 is 2.85 bits per heavy atom. The maximum atomic E-state index is 13.4. The zero-order valence-corrected chi connectivity index (χ0v) is 19.5. The normalized spacial score (nSPS) is 16.6. The van der Waals surface area contributed by atoms with Crippen LogP contribution in [0, 0.1) is 6.92 Å². The van der Waals surface area contributed by atoms with Crippen LogP contribution in [0.25, 0.3) is 26.7 Å². The third-order valence-electron chi connectivity index (χ3n) is 7.04. The van der Waals surface area contributed by atoms with E-state index in [9.17, 15) is 9.59 Å². The highest BCUT2D eigenvalue weighted by atomic mass is 32.1. The quantitative estimate of drug-likeness (QED) is 0.464. The molecule has 3 aromatic heterocycles. The summed E-state index contributed by atoms with van der Waals surface area (Å²) in [5.41, 5.74) is 4.42. The predicted molar refractivity (Wildman–Crippen MR) is 133 cm³/mol. The summed E-state index contributed by atoms with van der Waals surface area (Å²) < 4.78 is 1.83. The fraction of sp³-hybridized carbons (Fsp3) is 0.346. The first kappa shape index (κ1) is 20.4. The van der Waals surface area contributed by atoms with Crippen molar-refractivity contribution in [3.63, 3.8) is 0 Å². The summed E-state index contributed by atoms with van der Waals surface area (Å²) in [7, 11) is 0. The van der Waals surface area contributed by atoms with Gasteiger partial charge in [0.15, 0.2) is 0 Å². The summed E-state index contributed by atoms with van der Waals surface area (Å²) in [6.45, 7) is 3.87. The number of carbonyl (C=O) groups is 1. The molecule has 33 heavy (non-hydrogen) atoms. The molecular formula is C26H26N4O2S. The molecule has 0 saturated carbocycles. The van der Waals surface area contributed by atoms with Gasteiger partial charge in [0.05, 0.1) is 10.3 Å². The van der Waals surface area contributed by atoms with Crippen LogP contribution in [0.3, 0.4) is 0 Å². The van der Waals surface area contributed by atoms with Gasteiger partial charge in [-0.05, 0) is 43.4 Å². The second-order valence-electron chi connectivity index (χ2n) is 9.01. The molecule has 0 spiro atoms. The average Bonchev–Trinajstić information content (AvgIpc) is 3.32. The van der Waals surface area contributed by atoms with E-state index in [0.717, 1.165) is 55.6 Å². The van der Waals surface area contributed by atoms with E-state index in [0.29, 0.717) is 28.2 Å². The SMILES string of the molecule is Cc1c(C(=O)N2CC=C(c3c[nH]c4ccccc34)CC2)sc2nc3n(c(=O)c12)CCCCC3. The first-order valence-corrected chi connectivity index (χ1v) is 12.5. The number of amides is 1. The number of nitrogens with zero attached hydrogens (tertiary/aromatic N) is 3. The molecule has 6 rings (SSSR count). The molecule has 0 bridgehead atoms. The highest BCUT2D eigenvalue weighted by Gasteiger charge is 2.26. The van der Waals surface area contributed by atoms with Crippen molar-refractivity contribution in [2.45, 2.75) is 45.6 Å².